The van der Waals surface area contributed by atoms with Crippen molar-refractivity contribution in [2.45, 2.75) is 88.6 Å². The van der Waals surface area contributed by atoms with E-state index in [0.717, 1.165) is 56.5 Å². The lowest BCUT2D eigenvalue weighted by molar-refractivity contribution is -0.136. The average Bonchev–Trinajstić information content (AvgIpc) is 3.10. The van der Waals surface area contributed by atoms with Gasteiger partial charge in [0.25, 0.3) is 5.91 Å². The number of aliphatic hydroxyl groups is 1. The Kier molecular flexibility index (Phi) is 5.91. The van der Waals surface area contributed by atoms with Gasteiger partial charge in [0.15, 0.2) is 0 Å². The van der Waals surface area contributed by atoms with Crippen molar-refractivity contribution in [3.8, 4) is 5.75 Å². The Balaban J connectivity index is 1.28. The molecule has 3 amide bonds. The standard InChI is InChI=1S/C25H33N3O5/c1-25(32)10-12-27(13-11-25)19-4-2-3-5-21(19)33-17-6-7-18-16(14-17)15-28(24(18)31)20-8-9-22(29)26-23(20)30/h6-7,14,19-21,32H,2-5,8-13,15H2,1H3,(H,26,29,30). The van der Waals surface area contributed by atoms with Crippen molar-refractivity contribution in [3.05, 3.63) is 29.3 Å². The van der Waals surface area contributed by atoms with Gasteiger partial charge < -0.3 is 14.7 Å². The molecule has 3 fully saturated rings. The number of likely N-dealkylation sites (tertiary alicyclic amines) is 1. The molecule has 0 bridgehead atoms. The summed E-state index contributed by atoms with van der Waals surface area (Å²) in [5, 5.41) is 12.7. The molecule has 3 aliphatic heterocycles. The van der Waals surface area contributed by atoms with Crippen molar-refractivity contribution in [1.82, 2.24) is 15.1 Å². The molecule has 4 aliphatic rings. The van der Waals surface area contributed by atoms with Crippen molar-refractivity contribution in [2.75, 3.05) is 13.1 Å². The monoisotopic (exact) mass is 455 g/mol. The number of nitrogens with one attached hydrogen (secondary N) is 1. The minimum absolute atomic E-state index is 0.0863. The molecule has 2 N–H and O–H groups in total. The van der Waals surface area contributed by atoms with Crippen LogP contribution in [0.4, 0.5) is 0 Å². The number of amides is 3. The quantitative estimate of drug-likeness (QED) is 0.674. The summed E-state index contributed by atoms with van der Waals surface area (Å²) in [6.45, 7) is 4.05. The number of carbonyl (C=O) groups is 3. The maximum Gasteiger partial charge on any atom is 0.255 e. The lowest BCUT2D eigenvalue weighted by Crippen LogP contribution is -2.53. The summed E-state index contributed by atoms with van der Waals surface area (Å²) in [4.78, 5) is 40.7. The Morgan fingerprint density at radius 3 is 2.61 bits per heavy atom. The van der Waals surface area contributed by atoms with E-state index in [-0.39, 0.29) is 24.3 Å². The molecule has 0 radical (unpaired) electrons. The number of imide groups is 1. The highest BCUT2D eigenvalue weighted by atomic mass is 16.5. The molecule has 3 heterocycles. The van der Waals surface area contributed by atoms with E-state index in [1.165, 1.54) is 6.42 Å². The Labute approximate surface area is 194 Å². The van der Waals surface area contributed by atoms with E-state index >= 15 is 0 Å². The largest absolute Gasteiger partial charge is 0.489 e. The van der Waals surface area contributed by atoms with Crippen molar-refractivity contribution in [1.29, 1.82) is 0 Å². The SMILES string of the molecule is CC1(O)CCN(C2CCCCC2Oc2ccc3c(c2)CN(C2CCC(=O)NC2=O)C3=O)CC1. The number of carbonyl (C=O) groups excluding carboxylic acids is 3. The third kappa shape index (κ3) is 4.51. The number of fused-ring (bicyclic) bond motifs is 1. The fourth-order valence-corrected chi connectivity index (χ4v) is 5.77. The molecule has 1 aliphatic carbocycles. The molecule has 178 valence electrons. The lowest BCUT2D eigenvalue weighted by atomic mass is 9.87. The summed E-state index contributed by atoms with van der Waals surface area (Å²) < 4.78 is 6.49. The van der Waals surface area contributed by atoms with Gasteiger partial charge in [-0.05, 0) is 69.2 Å². The van der Waals surface area contributed by atoms with Crippen LogP contribution in [0.5, 0.6) is 5.75 Å². The number of ether oxygens (including phenoxy) is 1. The molecule has 3 atom stereocenters. The number of hydrogen-bond acceptors (Lipinski definition) is 6. The second kappa shape index (κ2) is 8.72. The van der Waals surface area contributed by atoms with E-state index in [1.807, 2.05) is 19.1 Å². The Hall–Kier alpha value is -2.45. The summed E-state index contributed by atoms with van der Waals surface area (Å²) in [7, 11) is 0. The highest BCUT2D eigenvalue weighted by molar-refractivity contribution is 6.05. The average molecular weight is 456 g/mol. The van der Waals surface area contributed by atoms with Crippen LogP contribution in [0.3, 0.4) is 0 Å². The normalized spacial score (nSPS) is 30.2. The zero-order valence-electron chi connectivity index (χ0n) is 19.2. The second-order valence-electron chi connectivity index (χ2n) is 10.3. The summed E-state index contributed by atoms with van der Waals surface area (Å²) in [5.74, 6) is -0.0839. The molecule has 5 rings (SSSR count). The first-order valence-corrected chi connectivity index (χ1v) is 12.2. The van der Waals surface area contributed by atoms with Gasteiger partial charge in [-0.15, -0.1) is 0 Å². The van der Waals surface area contributed by atoms with E-state index in [0.29, 0.717) is 24.6 Å². The molecular formula is C25H33N3O5. The fraction of sp³-hybridized carbons (Fsp3) is 0.640. The maximum absolute atomic E-state index is 12.9. The molecule has 2 saturated heterocycles. The van der Waals surface area contributed by atoms with Crippen LogP contribution < -0.4 is 10.1 Å². The lowest BCUT2D eigenvalue weighted by Gasteiger charge is -2.44. The summed E-state index contributed by atoms with van der Waals surface area (Å²) in [6, 6.07) is 5.33. The Morgan fingerprint density at radius 2 is 1.85 bits per heavy atom. The van der Waals surface area contributed by atoms with E-state index in [9.17, 15) is 19.5 Å². The molecular weight excluding hydrogens is 422 g/mol. The van der Waals surface area contributed by atoms with E-state index in [2.05, 4.69) is 10.2 Å². The van der Waals surface area contributed by atoms with Gasteiger partial charge in [-0.2, -0.15) is 0 Å². The van der Waals surface area contributed by atoms with Gasteiger partial charge in [0, 0.05) is 37.7 Å². The summed E-state index contributed by atoms with van der Waals surface area (Å²) >= 11 is 0. The van der Waals surface area contributed by atoms with Crippen LogP contribution in [0.2, 0.25) is 0 Å². The van der Waals surface area contributed by atoms with Gasteiger partial charge >= 0.3 is 0 Å². The molecule has 0 spiro atoms. The van der Waals surface area contributed by atoms with E-state index < -0.39 is 17.6 Å². The smallest absolute Gasteiger partial charge is 0.255 e. The van der Waals surface area contributed by atoms with Gasteiger partial charge in [0.2, 0.25) is 11.8 Å². The van der Waals surface area contributed by atoms with Crippen LogP contribution in [-0.4, -0.2) is 69.5 Å². The number of rotatable bonds is 4. The predicted molar refractivity (Wildman–Crippen MR) is 121 cm³/mol. The number of benzene rings is 1. The highest BCUT2D eigenvalue weighted by Gasteiger charge is 2.40. The zero-order valence-corrected chi connectivity index (χ0v) is 19.2. The molecule has 0 aromatic heterocycles. The molecule has 1 saturated carbocycles. The van der Waals surface area contributed by atoms with Gasteiger partial charge in [-0.3, -0.25) is 24.6 Å². The highest BCUT2D eigenvalue weighted by Crippen LogP contribution is 2.34. The maximum atomic E-state index is 12.9. The van der Waals surface area contributed by atoms with Gasteiger partial charge in [-0.1, -0.05) is 6.42 Å². The minimum Gasteiger partial charge on any atom is -0.489 e. The molecule has 1 aromatic carbocycles. The van der Waals surface area contributed by atoms with Crippen LogP contribution in [0.25, 0.3) is 0 Å². The molecule has 1 aromatic rings. The molecule has 8 heteroatoms. The first kappa shape index (κ1) is 22.3. The van der Waals surface area contributed by atoms with E-state index in [4.69, 9.17) is 4.74 Å². The molecule has 8 nitrogen and oxygen atoms in total. The number of piperidine rings is 2. The van der Waals surface area contributed by atoms with Gasteiger partial charge in [-0.25, -0.2) is 0 Å². The fourth-order valence-electron chi connectivity index (χ4n) is 5.77. The van der Waals surface area contributed by atoms with Crippen LogP contribution in [0, 0.1) is 0 Å². The van der Waals surface area contributed by atoms with Crippen molar-refractivity contribution < 1.29 is 24.2 Å². The third-order valence-electron chi connectivity index (χ3n) is 7.79. The number of nitrogens with zero attached hydrogens (tertiary/aromatic N) is 2. The van der Waals surface area contributed by atoms with Crippen LogP contribution in [-0.2, 0) is 16.1 Å². The number of hydrogen-bond donors (Lipinski definition) is 2. The predicted octanol–water partition coefficient (Wildman–Crippen LogP) is 1.98. The van der Waals surface area contributed by atoms with Gasteiger partial charge in [0.05, 0.1) is 5.60 Å². The van der Waals surface area contributed by atoms with Crippen LogP contribution in [0.1, 0.15) is 74.2 Å². The Morgan fingerprint density at radius 1 is 1.09 bits per heavy atom. The zero-order chi connectivity index (χ0) is 23.2. The molecule has 33 heavy (non-hydrogen) atoms. The summed E-state index contributed by atoms with van der Waals surface area (Å²) in [5.41, 5.74) is 0.900. The first-order chi connectivity index (χ1) is 15.8. The van der Waals surface area contributed by atoms with Crippen LogP contribution in [0.15, 0.2) is 18.2 Å². The second-order valence-corrected chi connectivity index (χ2v) is 10.3. The first-order valence-electron chi connectivity index (χ1n) is 12.2. The summed E-state index contributed by atoms with van der Waals surface area (Å²) in [6.07, 6.45) is 6.69. The topological polar surface area (TPSA) is 99.2 Å². The Bertz CT molecular complexity index is 951. The molecule has 3 unspecified atom stereocenters. The third-order valence-corrected chi connectivity index (χ3v) is 7.79. The van der Waals surface area contributed by atoms with E-state index in [1.54, 1.807) is 11.0 Å². The van der Waals surface area contributed by atoms with Crippen molar-refractivity contribution >= 4 is 17.7 Å². The van der Waals surface area contributed by atoms with Crippen LogP contribution >= 0.6 is 0 Å². The van der Waals surface area contributed by atoms with Crippen molar-refractivity contribution in [2.24, 2.45) is 0 Å². The minimum atomic E-state index is -0.606. The van der Waals surface area contributed by atoms with Crippen molar-refractivity contribution in [3.63, 3.8) is 0 Å². The van der Waals surface area contributed by atoms with Gasteiger partial charge in [0.1, 0.15) is 17.9 Å².